The summed E-state index contributed by atoms with van der Waals surface area (Å²) in [5.41, 5.74) is 2.82. The average molecular weight is 385 g/mol. The van der Waals surface area contributed by atoms with Gasteiger partial charge in [-0.1, -0.05) is 36.8 Å². The summed E-state index contributed by atoms with van der Waals surface area (Å²) in [5.74, 6) is -0.420. The van der Waals surface area contributed by atoms with Crippen LogP contribution in [0.5, 0.6) is 0 Å². The van der Waals surface area contributed by atoms with E-state index in [0.717, 1.165) is 28.0 Å². The maximum atomic E-state index is 13.2. The molecule has 0 saturated carbocycles. The second kappa shape index (κ2) is 7.64. The van der Waals surface area contributed by atoms with Gasteiger partial charge in [0.15, 0.2) is 0 Å². The van der Waals surface area contributed by atoms with Gasteiger partial charge in [-0.2, -0.15) is 0 Å². The lowest BCUT2D eigenvalue weighted by Gasteiger charge is -2.17. The molecule has 27 heavy (non-hydrogen) atoms. The van der Waals surface area contributed by atoms with Gasteiger partial charge in [0.2, 0.25) is 0 Å². The molecule has 2 atom stereocenters. The van der Waals surface area contributed by atoms with Gasteiger partial charge < -0.3 is 4.74 Å². The van der Waals surface area contributed by atoms with Crippen LogP contribution < -0.4 is 5.56 Å². The van der Waals surface area contributed by atoms with Crippen molar-refractivity contribution in [3.05, 3.63) is 51.4 Å². The predicted molar refractivity (Wildman–Crippen MR) is 109 cm³/mol. The summed E-state index contributed by atoms with van der Waals surface area (Å²) in [6.07, 6.45) is 1.99. The summed E-state index contributed by atoms with van der Waals surface area (Å²) >= 11 is 1.49. The van der Waals surface area contributed by atoms with Crippen molar-refractivity contribution in [3.63, 3.8) is 0 Å². The number of aromatic nitrogens is 2. The summed E-state index contributed by atoms with van der Waals surface area (Å²) in [7, 11) is 0. The molecule has 0 N–H and O–H groups in total. The van der Waals surface area contributed by atoms with E-state index in [9.17, 15) is 9.59 Å². The van der Waals surface area contributed by atoms with E-state index < -0.39 is 12.0 Å². The average Bonchev–Trinajstić information content (AvgIpc) is 2.99. The summed E-state index contributed by atoms with van der Waals surface area (Å²) in [6, 6.07) is 7.36. The van der Waals surface area contributed by atoms with Crippen LogP contribution in [-0.2, 0) is 9.53 Å². The number of rotatable bonds is 5. The van der Waals surface area contributed by atoms with E-state index in [1.165, 1.54) is 22.2 Å². The largest absolute Gasteiger partial charge is 0.461 e. The van der Waals surface area contributed by atoms with E-state index in [-0.39, 0.29) is 11.7 Å². The van der Waals surface area contributed by atoms with Crippen LogP contribution >= 0.6 is 11.3 Å². The molecule has 5 nitrogen and oxygen atoms in total. The normalized spacial score (nSPS) is 13.5. The lowest BCUT2D eigenvalue weighted by molar-refractivity contribution is -0.152. The molecule has 0 saturated heterocycles. The molecule has 6 heteroatoms. The van der Waals surface area contributed by atoms with Crippen molar-refractivity contribution in [1.29, 1.82) is 0 Å². The molecule has 1 aromatic carbocycles. The number of hydrogen-bond acceptors (Lipinski definition) is 5. The minimum absolute atomic E-state index is 0.182. The second-order valence-corrected chi connectivity index (χ2v) is 8.07. The first-order valence-electron chi connectivity index (χ1n) is 9.11. The lowest BCUT2D eigenvalue weighted by Crippen LogP contribution is -2.31. The molecule has 0 amide bonds. The Hall–Kier alpha value is -2.47. The third-order valence-electron chi connectivity index (χ3n) is 4.80. The fraction of sp³-hybridized carbons (Fsp3) is 0.381. The van der Waals surface area contributed by atoms with E-state index in [0.29, 0.717) is 10.2 Å². The molecule has 0 fully saturated rings. The number of carbonyl (C=O) groups excluding carboxylic acids is 1. The van der Waals surface area contributed by atoms with Gasteiger partial charge in [-0.05, 0) is 39.7 Å². The minimum atomic E-state index is -0.727. The number of ether oxygens (including phenoxy) is 1. The zero-order valence-electron chi connectivity index (χ0n) is 16.3. The van der Waals surface area contributed by atoms with Gasteiger partial charge in [0, 0.05) is 10.4 Å². The maximum Gasteiger partial charge on any atom is 0.329 e. The van der Waals surface area contributed by atoms with Gasteiger partial charge in [-0.3, -0.25) is 9.36 Å². The van der Waals surface area contributed by atoms with Crippen LogP contribution in [0.15, 0.2) is 35.4 Å². The molecule has 3 aromatic rings. The van der Waals surface area contributed by atoms with Gasteiger partial charge in [0.1, 0.15) is 10.9 Å². The van der Waals surface area contributed by atoms with E-state index in [2.05, 4.69) is 4.98 Å². The number of thiophene rings is 1. The van der Waals surface area contributed by atoms with Crippen molar-refractivity contribution in [2.24, 2.45) is 0 Å². The number of benzene rings is 1. The van der Waals surface area contributed by atoms with E-state index in [4.69, 9.17) is 4.74 Å². The van der Waals surface area contributed by atoms with Gasteiger partial charge >= 0.3 is 5.97 Å². The smallest absolute Gasteiger partial charge is 0.329 e. The quantitative estimate of drug-likeness (QED) is 0.601. The van der Waals surface area contributed by atoms with Crippen LogP contribution in [0, 0.1) is 13.8 Å². The molecule has 0 unspecified atom stereocenters. The zero-order chi connectivity index (χ0) is 19.7. The minimum Gasteiger partial charge on any atom is -0.461 e. The molecule has 0 radical (unpaired) electrons. The molecule has 0 spiro atoms. The van der Waals surface area contributed by atoms with Crippen LogP contribution in [0.2, 0.25) is 0 Å². The molecule has 142 valence electrons. The van der Waals surface area contributed by atoms with Gasteiger partial charge in [-0.25, -0.2) is 9.78 Å². The molecule has 0 bridgehead atoms. The number of carbonyl (C=O) groups is 1. The summed E-state index contributed by atoms with van der Waals surface area (Å²) in [5, 5.41) is 0.562. The number of hydrogen-bond donors (Lipinski definition) is 0. The standard InChI is InChI=1S/C21H24N2O3S/c1-6-13(3)26-21(25)14(4)23-11-22-19-18(20(23)24)17(15(5)27-19)16-9-7-12(2)8-10-16/h7-11,13-14H,6H2,1-5H3/t13-,14-/m1/s1. The van der Waals surface area contributed by atoms with E-state index in [1.54, 1.807) is 6.92 Å². The van der Waals surface area contributed by atoms with Crippen molar-refractivity contribution in [3.8, 4) is 11.1 Å². The van der Waals surface area contributed by atoms with Crippen molar-refractivity contribution in [2.75, 3.05) is 0 Å². The highest BCUT2D eigenvalue weighted by Gasteiger charge is 2.23. The Balaban J connectivity index is 2.11. The van der Waals surface area contributed by atoms with Crippen LogP contribution in [-0.4, -0.2) is 21.6 Å². The Labute approximate surface area is 162 Å². The van der Waals surface area contributed by atoms with Crippen molar-refractivity contribution >= 4 is 27.5 Å². The highest BCUT2D eigenvalue weighted by Crippen LogP contribution is 2.35. The molecule has 2 heterocycles. The Bertz CT molecular complexity index is 1030. The van der Waals surface area contributed by atoms with Crippen molar-refractivity contribution in [1.82, 2.24) is 9.55 Å². The highest BCUT2D eigenvalue weighted by molar-refractivity contribution is 7.19. The van der Waals surface area contributed by atoms with Gasteiger partial charge in [0.25, 0.3) is 5.56 Å². The molecule has 0 aliphatic rings. The first kappa shape index (κ1) is 19.3. The number of fused-ring (bicyclic) bond motifs is 1. The van der Waals surface area contributed by atoms with Crippen LogP contribution in [0.4, 0.5) is 0 Å². The fourth-order valence-electron chi connectivity index (χ4n) is 2.95. The van der Waals surface area contributed by atoms with Crippen LogP contribution in [0.1, 0.15) is 43.7 Å². The third kappa shape index (κ3) is 3.67. The third-order valence-corrected chi connectivity index (χ3v) is 5.82. The molecule has 0 aliphatic heterocycles. The monoisotopic (exact) mass is 384 g/mol. The highest BCUT2D eigenvalue weighted by atomic mass is 32.1. The Kier molecular flexibility index (Phi) is 5.46. The summed E-state index contributed by atoms with van der Waals surface area (Å²) in [6.45, 7) is 9.48. The maximum absolute atomic E-state index is 13.2. The Morgan fingerprint density at radius 1 is 1.22 bits per heavy atom. The predicted octanol–water partition coefficient (Wildman–Crippen LogP) is 4.64. The Morgan fingerprint density at radius 3 is 2.52 bits per heavy atom. The van der Waals surface area contributed by atoms with Crippen LogP contribution in [0.25, 0.3) is 21.3 Å². The molecule has 3 rings (SSSR count). The number of esters is 1. The van der Waals surface area contributed by atoms with Crippen molar-refractivity contribution < 1.29 is 9.53 Å². The molecule has 2 aromatic heterocycles. The van der Waals surface area contributed by atoms with Gasteiger partial charge in [-0.15, -0.1) is 11.3 Å². The first-order valence-corrected chi connectivity index (χ1v) is 9.92. The molecular formula is C21H24N2O3S. The molecular weight excluding hydrogens is 360 g/mol. The number of aryl methyl sites for hydroxylation is 2. The SMILES string of the molecule is CC[C@@H](C)OC(=O)[C@@H](C)n1cnc2sc(C)c(-c3ccc(C)cc3)c2c1=O. The summed E-state index contributed by atoms with van der Waals surface area (Å²) < 4.78 is 6.76. The topological polar surface area (TPSA) is 61.2 Å². The second-order valence-electron chi connectivity index (χ2n) is 6.87. The van der Waals surface area contributed by atoms with Gasteiger partial charge in [0.05, 0.1) is 17.8 Å². The number of nitrogens with zero attached hydrogens (tertiary/aromatic N) is 2. The van der Waals surface area contributed by atoms with E-state index in [1.807, 2.05) is 52.0 Å². The van der Waals surface area contributed by atoms with Crippen LogP contribution in [0.3, 0.4) is 0 Å². The molecule has 0 aliphatic carbocycles. The zero-order valence-corrected chi connectivity index (χ0v) is 17.1. The summed E-state index contributed by atoms with van der Waals surface area (Å²) in [4.78, 5) is 31.8. The lowest BCUT2D eigenvalue weighted by atomic mass is 10.0. The fourth-order valence-corrected chi connectivity index (χ4v) is 3.96. The Morgan fingerprint density at radius 2 is 1.89 bits per heavy atom. The first-order chi connectivity index (χ1) is 12.8. The van der Waals surface area contributed by atoms with Crippen molar-refractivity contribution in [2.45, 2.75) is 53.2 Å². The van der Waals surface area contributed by atoms with E-state index >= 15 is 0 Å².